The van der Waals surface area contributed by atoms with E-state index in [4.69, 9.17) is 4.74 Å². The molecule has 2 heteroatoms. The zero-order chi connectivity index (χ0) is 10.4. The molecule has 0 heterocycles. The van der Waals surface area contributed by atoms with Crippen LogP contribution in [0.5, 0.6) is 0 Å². The third kappa shape index (κ3) is 3.79. The van der Waals surface area contributed by atoms with Gasteiger partial charge in [-0.05, 0) is 26.0 Å². The number of benzene rings is 1. The van der Waals surface area contributed by atoms with Crippen molar-refractivity contribution >= 4 is 5.69 Å². The van der Waals surface area contributed by atoms with Crippen molar-refractivity contribution in [3.05, 3.63) is 30.3 Å². The van der Waals surface area contributed by atoms with Gasteiger partial charge in [0.1, 0.15) is 0 Å². The topological polar surface area (TPSA) is 12.5 Å². The molecule has 0 N–H and O–H groups in total. The number of ether oxygens (including phenoxy) is 1. The van der Waals surface area contributed by atoms with Crippen LogP contribution in [0, 0.1) is 0 Å². The molecule has 1 rings (SSSR count). The van der Waals surface area contributed by atoms with Crippen molar-refractivity contribution in [3.8, 4) is 0 Å². The smallest absolute Gasteiger partial charge is 0.0644 e. The minimum atomic E-state index is 0.319. The molecule has 0 aromatic heterocycles. The number of likely N-dealkylation sites (N-methyl/N-ethyl adjacent to an activating group) is 1. The fourth-order valence-electron chi connectivity index (χ4n) is 1.24. The fourth-order valence-corrected chi connectivity index (χ4v) is 1.24. The van der Waals surface area contributed by atoms with E-state index in [2.05, 4.69) is 50.1 Å². The van der Waals surface area contributed by atoms with Gasteiger partial charge in [0.05, 0.1) is 12.7 Å². The SMILES string of the molecule is CC(C)OCCN(C)c1ccccc1. The van der Waals surface area contributed by atoms with Gasteiger partial charge in [-0.2, -0.15) is 0 Å². The molecule has 0 unspecified atom stereocenters. The molecule has 0 aliphatic carbocycles. The van der Waals surface area contributed by atoms with E-state index in [1.54, 1.807) is 0 Å². The van der Waals surface area contributed by atoms with Gasteiger partial charge >= 0.3 is 0 Å². The maximum Gasteiger partial charge on any atom is 0.0644 e. The van der Waals surface area contributed by atoms with Crippen LogP contribution in [0.25, 0.3) is 0 Å². The second kappa shape index (κ2) is 5.66. The molecule has 0 atom stereocenters. The predicted molar refractivity (Wildman–Crippen MR) is 60.8 cm³/mol. The van der Waals surface area contributed by atoms with E-state index in [1.165, 1.54) is 5.69 Å². The number of para-hydroxylation sites is 1. The Labute approximate surface area is 86.5 Å². The number of nitrogens with zero attached hydrogens (tertiary/aromatic N) is 1. The zero-order valence-electron chi connectivity index (χ0n) is 9.23. The Hall–Kier alpha value is -1.02. The van der Waals surface area contributed by atoms with Crippen molar-refractivity contribution in [3.63, 3.8) is 0 Å². The first-order valence-corrected chi connectivity index (χ1v) is 5.08. The van der Waals surface area contributed by atoms with E-state index in [-0.39, 0.29) is 0 Å². The van der Waals surface area contributed by atoms with Crippen LogP contribution < -0.4 is 4.90 Å². The van der Waals surface area contributed by atoms with Crippen molar-refractivity contribution in [2.24, 2.45) is 0 Å². The van der Waals surface area contributed by atoms with Crippen LogP contribution in [-0.2, 0) is 4.74 Å². The van der Waals surface area contributed by atoms with Crippen molar-refractivity contribution < 1.29 is 4.74 Å². The first kappa shape index (κ1) is 11.1. The Morgan fingerprint density at radius 1 is 1.21 bits per heavy atom. The molecule has 78 valence electrons. The molecule has 0 fully saturated rings. The summed E-state index contributed by atoms with van der Waals surface area (Å²) >= 11 is 0. The largest absolute Gasteiger partial charge is 0.377 e. The summed E-state index contributed by atoms with van der Waals surface area (Å²) in [6.07, 6.45) is 0.319. The molecule has 0 amide bonds. The normalized spacial score (nSPS) is 10.6. The molecular weight excluding hydrogens is 174 g/mol. The lowest BCUT2D eigenvalue weighted by molar-refractivity contribution is 0.0846. The molecule has 14 heavy (non-hydrogen) atoms. The summed E-state index contributed by atoms with van der Waals surface area (Å²) in [7, 11) is 2.08. The average Bonchev–Trinajstić information content (AvgIpc) is 2.18. The molecule has 1 aromatic rings. The first-order valence-electron chi connectivity index (χ1n) is 5.08. The van der Waals surface area contributed by atoms with Gasteiger partial charge in [-0.15, -0.1) is 0 Å². The van der Waals surface area contributed by atoms with Crippen LogP contribution in [0.1, 0.15) is 13.8 Å². The maximum atomic E-state index is 5.49. The summed E-state index contributed by atoms with van der Waals surface area (Å²) in [5, 5.41) is 0. The molecule has 0 bridgehead atoms. The summed E-state index contributed by atoms with van der Waals surface area (Å²) in [5.41, 5.74) is 1.24. The number of hydrogen-bond donors (Lipinski definition) is 0. The molecule has 2 nitrogen and oxygen atoms in total. The number of hydrogen-bond acceptors (Lipinski definition) is 2. The van der Waals surface area contributed by atoms with Gasteiger partial charge in [0, 0.05) is 19.3 Å². The lowest BCUT2D eigenvalue weighted by Gasteiger charge is -2.19. The Morgan fingerprint density at radius 3 is 2.43 bits per heavy atom. The van der Waals surface area contributed by atoms with Gasteiger partial charge in [-0.3, -0.25) is 0 Å². The summed E-state index contributed by atoms with van der Waals surface area (Å²) < 4.78 is 5.49. The van der Waals surface area contributed by atoms with Gasteiger partial charge in [-0.25, -0.2) is 0 Å². The first-order chi connectivity index (χ1) is 6.70. The van der Waals surface area contributed by atoms with Crippen molar-refractivity contribution in [2.45, 2.75) is 20.0 Å². The Kier molecular flexibility index (Phi) is 4.47. The van der Waals surface area contributed by atoms with Crippen LogP contribution in [0.4, 0.5) is 5.69 Å². The summed E-state index contributed by atoms with van der Waals surface area (Å²) in [5.74, 6) is 0. The molecule has 1 aromatic carbocycles. The highest BCUT2D eigenvalue weighted by molar-refractivity contribution is 5.44. The van der Waals surface area contributed by atoms with E-state index in [1.807, 2.05) is 6.07 Å². The Morgan fingerprint density at radius 2 is 1.86 bits per heavy atom. The van der Waals surface area contributed by atoms with E-state index >= 15 is 0 Å². The third-order valence-corrected chi connectivity index (χ3v) is 2.07. The van der Waals surface area contributed by atoms with Crippen LogP contribution in [0.3, 0.4) is 0 Å². The van der Waals surface area contributed by atoms with Gasteiger partial charge < -0.3 is 9.64 Å². The number of rotatable bonds is 5. The summed E-state index contributed by atoms with van der Waals surface area (Å²) in [6.45, 7) is 5.83. The highest BCUT2D eigenvalue weighted by Gasteiger charge is 1.99. The highest BCUT2D eigenvalue weighted by atomic mass is 16.5. The van der Waals surface area contributed by atoms with Gasteiger partial charge in [0.25, 0.3) is 0 Å². The fraction of sp³-hybridized carbons (Fsp3) is 0.500. The lowest BCUT2D eigenvalue weighted by Crippen LogP contribution is -2.23. The lowest BCUT2D eigenvalue weighted by atomic mass is 10.3. The van der Waals surface area contributed by atoms with Crippen molar-refractivity contribution in [1.82, 2.24) is 0 Å². The summed E-state index contributed by atoms with van der Waals surface area (Å²) in [6, 6.07) is 10.3. The van der Waals surface area contributed by atoms with E-state index in [0.29, 0.717) is 6.10 Å². The molecule has 0 aliphatic heterocycles. The Balaban J connectivity index is 2.32. The average molecular weight is 193 g/mol. The third-order valence-electron chi connectivity index (χ3n) is 2.07. The molecule has 0 saturated carbocycles. The molecule has 0 radical (unpaired) electrons. The minimum Gasteiger partial charge on any atom is -0.377 e. The van der Waals surface area contributed by atoms with Crippen LogP contribution in [0.15, 0.2) is 30.3 Å². The highest BCUT2D eigenvalue weighted by Crippen LogP contribution is 2.10. The van der Waals surface area contributed by atoms with Gasteiger partial charge in [0.15, 0.2) is 0 Å². The molecule has 0 saturated heterocycles. The van der Waals surface area contributed by atoms with Crippen molar-refractivity contribution in [2.75, 3.05) is 25.1 Å². The van der Waals surface area contributed by atoms with Crippen molar-refractivity contribution in [1.29, 1.82) is 0 Å². The van der Waals surface area contributed by atoms with Crippen LogP contribution >= 0.6 is 0 Å². The predicted octanol–water partition coefficient (Wildman–Crippen LogP) is 2.55. The standard InChI is InChI=1S/C12H19NO/c1-11(2)14-10-9-13(3)12-7-5-4-6-8-12/h4-8,11H,9-10H2,1-3H3. The van der Waals surface area contributed by atoms with Gasteiger partial charge in [-0.1, -0.05) is 18.2 Å². The second-order valence-electron chi connectivity index (χ2n) is 3.68. The Bertz CT molecular complexity index is 246. The molecule has 0 aliphatic rings. The molecular formula is C12H19NO. The van der Waals surface area contributed by atoms with Crippen LogP contribution in [-0.4, -0.2) is 26.3 Å². The zero-order valence-corrected chi connectivity index (χ0v) is 9.23. The van der Waals surface area contributed by atoms with E-state index in [9.17, 15) is 0 Å². The minimum absolute atomic E-state index is 0.319. The van der Waals surface area contributed by atoms with Gasteiger partial charge in [0.2, 0.25) is 0 Å². The maximum absolute atomic E-state index is 5.49. The van der Waals surface area contributed by atoms with Crippen LogP contribution in [0.2, 0.25) is 0 Å². The monoisotopic (exact) mass is 193 g/mol. The number of anilines is 1. The van der Waals surface area contributed by atoms with E-state index in [0.717, 1.165) is 13.2 Å². The van der Waals surface area contributed by atoms with E-state index < -0.39 is 0 Å². The summed E-state index contributed by atoms with van der Waals surface area (Å²) in [4.78, 5) is 2.20. The molecule has 0 spiro atoms. The second-order valence-corrected chi connectivity index (χ2v) is 3.68. The quantitative estimate of drug-likeness (QED) is 0.712.